The smallest absolute Gasteiger partial charge is 0.215 e. The van der Waals surface area contributed by atoms with Crippen molar-refractivity contribution in [3.05, 3.63) is 23.8 Å². The monoisotopic (exact) mass is 219 g/mol. The van der Waals surface area contributed by atoms with Gasteiger partial charge in [0.05, 0.1) is 12.8 Å². The van der Waals surface area contributed by atoms with Gasteiger partial charge >= 0.3 is 0 Å². The number of methoxy groups -OCH3 is 1. The minimum Gasteiger partial charge on any atom is -0.481 e. The van der Waals surface area contributed by atoms with Gasteiger partial charge in [-0.15, -0.1) is 5.10 Å². The second kappa shape index (κ2) is 3.80. The number of pyridine rings is 1. The van der Waals surface area contributed by atoms with Gasteiger partial charge < -0.3 is 10.5 Å². The van der Waals surface area contributed by atoms with Gasteiger partial charge in [-0.3, -0.25) is 0 Å². The molecule has 2 aromatic rings. The molecule has 0 aliphatic rings. The van der Waals surface area contributed by atoms with Gasteiger partial charge in [-0.25, -0.2) is 4.98 Å². The molecular weight excluding hydrogens is 206 g/mol. The third-order valence-electron chi connectivity index (χ3n) is 2.16. The highest BCUT2D eigenvalue weighted by molar-refractivity contribution is 5.54. The first-order valence-electron chi connectivity index (χ1n) is 4.83. The van der Waals surface area contributed by atoms with Crippen LogP contribution in [0.3, 0.4) is 0 Å². The summed E-state index contributed by atoms with van der Waals surface area (Å²) in [7, 11) is 1.56. The summed E-state index contributed by atoms with van der Waals surface area (Å²) in [5.41, 5.74) is 6.38. The second-order valence-corrected chi connectivity index (χ2v) is 3.38. The molecule has 6 heteroatoms. The fourth-order valence-corrected chi connectivity index (χ4v) is 1.45. The van der Waals surface area contributed by atoms with Crippen LogP contribution >= 0.6 is 0 Å². The third kappa shape index (κ3) is 1.69. The van der Waals surface area contributed by atoms with Crippen molar-refractivity contribution in [1.82, 2.24) is 19.7 Å². The number of aryl methyl sites for hydroxylation is 2. The largest absolute Gasteiger partial charge is 0.481 e. The lowest BCUT2D eigenvalue weighted by Gasteiger charge is -2.07. The molecule has 16 heavy (non-hydrogen) atoms. The lowest BCUT2D eigenvalue weighted by Crippen LogP contribution is -2.07. The van der Waals surface area contributed by atoms with Crippen LogP contribution in [0.5, 0.6) is 5.88 Å². The van der Waals surface area contributed by atoms with Crippen molar-refractivity contribution in [3.63, 3.8) is 0 Å². The molecule has 0 aromatic carbocycles. The highest BCUT2D eigenvalue weighted by atomic mass is 16.5. The van der Waals surface area contributed by atoms with Gasteiger partial charge in [0.25, 0.3) is 0 Å². The third-order valence-corrected chi connectivity index (χ3v) is 2.16. The van der Waals surface area contributed by atoms with E-state index in [-0.39, 0.29) is 0 Å². The van der Waals surface area contributed by atoms with Crippen molar-refractivity contribution in [2.45, 2.75) is 13.8 Å². The number of hydrogen-bond donors (Lipinski definition) is 1. The van der Waals surface area contributed by atoms with Gasteiger partial charge in [-0.1, -0.05) is 0 Å². The van der Waals surface area contributed by atoms with Crippen LogP contribution in [0, 0.1) is 13.8 Å². The van der Waals surface area contributed by atoms with E-state index in [9.17, 15) is 0 Å². The molecule has 0 unspecified atom stereocenters. The number of rotatable bonds is 2. The number of ether oxygens (including phenoxy) is 1. The van der Waals surface area contributed by atoms with Crippen LogP contribution in [0.1, 0.15) is 11.6 Å². The maximum absolute atomic E-state index is 5.85. The zero-order valence-corrected chi connectivity index (χ0v) is 9.43. The molecule has 0 spiro atoms. The van der Waals surface area contributed by atoms with Crippen molar-refractivity contribution in [2.24, 2.45) is 0 Å². The molecule has 2 rings (SSSR count). The number of nitrogens with zero attached hydrogens (tertiary/aromatic N) is 4. The summed E-state index contributed by atoms with van der Waals surface area (Å²) in [6.45, 7) is 3.67. The molecule has 0 amide bonds. The molecule has 2 aromatic heterocycles. The van der Waals surface area contributed by atoms with E-state index < -0.39 is 0 Å². The Morgan fingerprint density at radius 2 is 2.00 bits per heavy atom. The van der Waals surface area contributed by atoms with Gasteiger partial charge in [0.2, 0.25) is 5.88 Å². The molecule has 84 valence electrons. The SMILES string of the molecule is COc1ccc(N)c(-n2nc(C)nc2C)n1. The highest BCUT2D eigenvalue weighted by Gasteiger charge is 2.10. The van der Waals surface area contributed by atoms with E-state index in [1.807, 2.05) is 13.8 Å². The van der Waals surface area contributed by atoms with E-state index in [1.165, 1.54) is 0 Å². The minimum absolute atomic E-state index is 0.497. The first-order valence-corrected chi connectivity index (χ1v) is 4.83. The topological polar surface area (TPSA) is 78.9 Å². The van der Waals surface area contributed by atoms with Gasteiger partial charge in [0, 0.05) is 6.07 Å². The van der Waals surface area contributed by atoms with Gasteiger partial charge in [0.15, 0.2) is 5.82 Å². The van der Waals surface area contributed by atoms with Crippen molar-refractivity contribution in [3.8, 4) is 11.7 Å². The second-order valence-electron chi connectivity index (χ2n) is 3.38. The Kier molecular flexibility index (Phi) is 2.47. The summed E-state index contributed by atoms with van der Waals surface area (Å²) in [4.78, 5) is 8.45. The Balaban J connectivity index is 2.58. The van der Waals surface area contributed by atoms with E-state index in [0.29, 0.717) is 23.2 Å². The molecule has 0 atom stereocenters. The standard InChI is InChI=1S/C10H13N5O/c1-6-12-7(2)15(14-6)10-8(11)4-5-9(13-10)16-3/h4-5H,11H2,1-3H3. The maximum Gasteiger partial charge on any atom is 0.215 e. The molecule has 0 bridgehead atoms. The van der Waals surface area contributed by atoms with Crippen molar-refractivity contribution >= 4 is 5.69 Å². The molecule has 0 saturated heterocycles. The Hall–Kier alpha value is -2.11. The predicted molar refractivity (Wildman–Crippen MR) is 59.6 cm³/mol. The van der Waals surface area contributed by atoms with Crippen LogP contribution in [0.25, 0.3) is 5.82 Å². The predicted octanol–water partition coefficient (Wildman–Crippen LogP) is 0.870. The summed E-state index contributed by atoms with van der Waals surface area (Å²) in [6.07, 6.45) is 0. The normalized spacial score (nSPS) is 10.4. The Morgan fingerprint density at radius 1 is 1.25 bits per heavy atom. The molecule has 0 radical (unpaired) electrons. The average Bonchev–Trinajstić information content (AvgIpc) is 2.58. The highest BCUT2D eigenvalue weighted by Crippen LogP contribution is 2.19. The summed E-state index contributed by atoms with van der Waals surface area (Å²) in [5, 5.41) is 4.22. The van der Waals surface area contributed by atoms with E-state index >= 15 is 0 Å². The Bertz CT molecular complexity index is 520. The van der Waals surface area contributed by atoms with Crippen LogP contribution in [0.2, 0.25) is 0 Å². The molecule has 0 fully saturated rings. The number of nitrogens with two attached hydrogens (primary N) is 1. The summed E-state index contributed by atoms with van der Waals surface area (Å²) in [5.74, 6) is 2.46. The van der Waals surface area contributed by atoms with Crippen molar-refractivity contribution in [1.29, 1.82) is 0 Å². The minimum atomic E-state index is 0.497. The zero-order chi connectivity index (χ0) is 11.7. The molecule has 2 heterocycles. The zero-order valence-electron chi connectivity index (χ0n) is 9.43. The number of nitrogen functional groups attached to an aromatic ring is 1. The molecule has 6 nitrogen and oxygen atoms in total. The summed E-state index contributed by atoms with van der Waals surface area (Å²) >= 11 is 0. The van der Waals surface area contributed by atoms with Crippen molar-refractivity contribution < 1.29 is 4.74 Å². The van der Waals surface area contributed by atoms with E-state index in [4.69, 9.17) is 10.5 Å². The van der Waals surface area contributed by atoms with Crippen molar-refractivity contribution in [2.75, 3.05) is 12.8 Å². The van der Waals surface area contributed by atoms with Crippen LogP contribution in [-0.4, -0.2) is 26.9 Å². The van der Waals surface area contributed by atoms with Gasteiger partial charge in [0.1, 0.15) is 11.6 Å². The quantitative estimate of drug-likeness (QED) is 0.810. The number of anilines is 1. The fraction of sp³-hybridized carbons (Fsp3) is 0.300. The van der Waals surface area contributed by atoms with Crippen LogP contribution in [0.4, 0.5) is 5.69 Å². The molecule has 2 N–H and O–H groups in total. The number of aromatic nitrogens is 4. The van der Waals surface area contributed by atoms with Gasteiger partial charge in [-0.05, 0) is 19.9 Å². The van der Waals surface area contributed by atoms with E-state index in [2.05, 4.69) is 15.1 Å². The van der Waals surface area contributed by atoms with Crippen LogP contribution < -0.4 is 10.5 Å². The van der Waals surface area contributed by atoms with Crippen LogP contribution in [-0.2, 0) is 0 Å². The fourth-order valence-electron chi connectivity index (χ4n) is 1.45. The summed E-state index contributed by atoms with van der Waals surface area (Å²) < 4.78 is 6.65. The lowest BCUT2D eigenvalue weighted by atomic mass is 10.4. The Morgan fingerprint density at radius 3 is 2.56 bits per heavy atom. The maximum atomic E-state index is 5.85. The molecule has 0 saturated carbocycles. The Labute approximate surface area is 93.1 Å². The number of hydrogen-bond acceptors (Lipinski definition) is 5. The van der Waals surface area contributed by atoms with E-state index in [1.54, 1.807) is 23.9 Å². The van der Waals surface area contributed by atoms with Crippen LogP contribution in [0.15, 0.2) is 12.1 Å². The first-order chi connectivity index (χ1) is 7.61. The van der Waals surface area contributed by atoms with E-state index in [0.717, 1.165) is 5.82 Å². The lowest BCUT2D eigenvalue weighted by molar-refractivity contribution is 0.397. The molecule has 0 aliphatic carbocycles. The molecular formula is C10H13N5O. The average molecular weight is 219 g/mol. The summed E-state index contributed by atoms with van der Waals surface area (Å²) in [6, 6.07) is 3.44. The van der Waals surface area contributed by atoms with Gasteiger partial charge in [-0.2, -0.15) is 9.67 Å². The first kappa shape index (κ1) is 10.4. The molecule has 0 aliphatic heterocycles.